The average molecular weight is 254 g/mol. The lowest BCUT2D eigenvalue weighted by Crippen LogP contribution is -2.29. The molecule has 0 aliphatic heterocycles. The molecule has 0 bridgehead atoms. The summed E-state index contributed by atoms with van der Waals surface area (Å²) in [6, 6.07) is 0.795. The van der Waals surface area contributed by atoms with Gasteiger partial charge < -0.3 is 5.32 Å². The van der Waals surface area contributed by atoms with Crippen molar-refractivity contribution in [2.24, 2.45) is 5.92 Å². The number of hydrogen-bond acceptors (Lipinski definition) is 5. The molecule has 0 spiro atoms. The van der Waals surface area contributed by atoms with Crippen LogP contribution >= 0.6 is 11.3 Å². The van der Waals surface area contributed by atoms with Gasteiger partial charge in [0.2, 0.25) is 5.13 Å². The zero-order valence-electron chi connectivity index (χ0n) is 10.9. The Labute approximate surface area is 107 Å². The molecule has 0 saturated heterocycles. The van der Waals surface area contributed by atoms with E-state index in [4.69, 9.17) is 0 Å². The van der Waals surface area contributed by atoms with Crippen molar-refractivity contribution in [3.8, 4) is 0 Å². The molecule has 1 aromatic rings. The van der Waals surface area contributed by atoms with Gasteiger partial charge in [-0.05, 0) is 25.7 Å². The Bertz CT molecular complexity index is 346. The van der Waals surface area contributed by atoms with E-state index in [0.29, 0.717) is 0 Å². The van der Waals surface area contributed by atoms with Gasteiger partial charge in [-0.25, -0.2) is 0 Å². The Morgan fingerprint density at radius 1 is 1.41 bits per heavy atom. The minimum atomic E-state index is 0.719. The van der Waals surface area contributed by atoms with Crippen LogP contribution in [0.3, 0.4) is 0 Å². The molecule has 0 radical (unpaired) electrons. The Kier molecular flexibility index (Phi) is 4.34. The lowest BCUT2D eigenvalue weighted by molar-refractivity contribution is 0.225. The summed E-state index contributed by atoms with van der Waals surface area (Å²) in [6.45, 7) is 9.68. The molecule has 2 rings (SSSR count). The van der Waals surface area contributed by atoms with E-state index in [0.717, 1.165) is 35.2 Å². The van der Waals surface area contributed by atoms with Crippen LogP contribution in [0, 0.1) is 5.92 Å². The number of hydrogen-bond donors (Lipinski definition) is 1. The molecule has 1 aromatic heterocycles. The van der Waals surface area contributed by atoms with E-state index in [2.05, 4.69) is 41.2 Å². The highest BCUT2D eigenvalue weighted by molar-refractivity contribution is 7.15. The fraction of sp³-hybridized carbons (Fsp3) is 0.833. The van der Waals surface area contributed by atoms with Gasteiger partial charge >= 0.3 is 0 Å². The van der Waals surface area contributed by atoms with Crippen molar-refractivity contribution < 1.29 is 0 Å². The fourth-order valence-electron chi connectivity index (χ4n) is 1.97. The topological polar surface area (TPSA) is 41.1 Å². The number of rotatable bonds is 7. The first-order valence-corrected chi connectivity index (χ1v) is 7.31. The van der Waals surface area contributed by atoms with Gasteiger partial charge in [0, 0.05) is 19.1 Å². The van der Waals surface area contributed by atoms with Gasteiger partial charge in [-0.1, -0.05) is 25.2 Å². The summed E-state index contributed by atoms with van der Waals surface area (Å²) in [7, 11) is 0. The average Bonchev–Trinajstić information content (AvgIpc) is 3.01. The minimum Gasteiger partial charge on any atom is -0.360 e. The Morgan fingerprint density at radius 2 is 2.18 bits per heavy atom. The van der Waals surface area contributed by atoms with Crippen LogP contribution in [0.15, 0.2) is 0 Å². The van der Waals surface area contributed by atoms with Gasteiger partial charge in [0.05, 0.1) is 6.54 Å². The second kappa shape index (κ2) is 5.78. The molecule has 96 valence electrons. The molecule has 1 N–H and O–H groups in total. The molecular weight excluding hydrogens is 232 g/mol. The van der Waals surface area contributed by atoms with Gasteiger partial charge in [-0.3, -0.25) is 4.90 Å². The third kappa shape index (κ3) is 3.92. The van der Waals surface area contributed by atoms with Gasteiger partial charge in [0.25, 0.3) is 0 Å². The van der Waals surface area contributed by atoms with Crippen molar-refractivity contribution in [1.82, 2.24) is 15.1 Å². The van der Waals surface area contributed by atoms with Crippen molar-refractivity contribution in [1.29, 1.82) is 0 Å². The van der Waals surface area contributed by atoms with Gasteiger partial charge in [-0.15, -0.1) is 10.2 Å². The molecule has 1 fully saturated rings. The second-order valence-electron chi connectivity index (χ2n) is 5.09. The molecule has 0 aromatic carbocycles. The standard InChI is InChI=1S/C12H22N4S/c1-4-13-12-15-14-11(17-12)8-16(7-9(2)3)10-5-6-10/h9-10H,4-8H2,1-3H3,(H,13,15). The summed E-state index contributed by atoms with van der Waals surface area (Å²) in [5.74, 6) is 0.719. The molecule has 1 heterocycles. The first-order chi connectivity index (χ1) is 8.19. The molecular formula is C12H22N4S. The lowest BCUT2D eigenvalue weighted by Gasteiger charge is -2.22. The lowest BCUT2D eigenvalue weighted by atomic mass is 10.2. The van der Waals surface area contributed by atoms with Gasteiger partial charge in [0.15, 0.2) is 0 Å². The highest BCUT2D eigenvalue weighted by Crippen LogP contribution is 2.29. The summed E-state index contributed by atoms with van der Waals surface area (Å²) >= 11 is 1.68. The third-order valence-corrected chi connectivity index (χ3v) is 3.66. The SMILES string of the molecule is CCNc1nnc(CN(CC(C)C)C2CC2)s1. The number of anilines is 1. The van der Waals surface area contributed by atoms with Crippen LogP contribution in [0.2, 0.25) is 0 Å². The van der Waals surface area contributed by atoms with Crippen LogP contribution in [0.5, 0.6) is 0 Å². The molecule has 17 heavy (non-hydrogen) atoms. The van der Waals surface area contributed by atoms with Gasteiger partial charge in [0.1, 0.15) is 5.01 Å². The van der Waals surface area contributed by atoms with Crippen molar-refractivity contribution in [2.45, 2.75) is 46.2 Å². The fourth-order valence-corrected chi connectivity index (χ4v) is 2.80. The summed E-state index contributed by atoms with van der Waals surface area (Å²) in [5.41, 5.74) is 0. The zero-order chi connectivity index (χ0) is 12.3. The van der Waals surface area contributed by atoms with Gasteiger partial charge in [-0.2, -0.15) is 0 Å². The van der Waals surface area contributed by atoms with Crippen LogP contribution in [-0.4, -0.2) is 34.2 Å². The second-order valence-corrected chi connectivity index (χ2v) is 6.15. The smallest absolute Gasteiger partial charge is 0.205 e. The van der Waals surface area contributed by atoms with Crippen LogP contribution in [0.1, 0.15) is 38.6 Å². The Hall–Kier alpha value is -0.680. The molecule has 1 saturated carbocycles. The monoisotopic (exact) mass is 254 g/mol. The third-order valence-electron chi connectivity index (χ3n) is 2.80. The maximum absolute atomic E-state index is 4.26. The highest BCUT2D eigenvalue weighted by Gasteiger charge is 2.29. The van der Waals surface area contributed by atoms with E-state index in [9.17, 15) is 0 Å². The number of nitrogens with zero attached hydrogens (tertiary/aromatic N) is 3. The number of nitrogens with one attached hydrogen (secondary N) is 1. The molecule has 1 aliphatic rings. The molecule has 0 unspecified atom stereocenters. The van der Waals surface area contributed by atoms with E-state index in [-0.39, 0.29) is 0 Å². The van der Waals surface area contributed by atoms with Crippen molar-refractivity contribution >= 4 is 16.5 Å². The van der Waals surface area contributed by atoms with E-state index in [1.807, 2.05) is 0 Å². The largest absolute Gasteiger partial charge is 0.360 e. The Morgan fingerprint density at radius 3 is 2.76 bits per heavy atom. The molecule has 1 aliphatic carbocycles. The van der Waals surface area contributed by atoms with Crippen LogP contribution in [-0.2, 0) is 6.54 Å². The van der Waals surface area contributed by atoms with E-state index >= 15 is 0 Å². The highest BCUT2D eigenvalue weighted by atomic mass is 32.1. The van der Waals surface area contributed by atoms with Crippen molar-refractivity contribution in [3.63, 3.8) is 0 Å². The predicted molar refractivity (Wildman–Crippen MR) is 72.3 cm³/mol. The van der Waals surface area contributed by atoms with E-state index < -0.39 is 0 Å². The minimum absolute atomic E-state index is 0.719. The molecule has 0 atom stereocenters. The van der Waals surface area contributed by atoms with E-state index in [1.54, 1.807) is 11.3 Å². The van der Waals surface area contributed by atoms with Crippen LogP contribution in [0.4, 0.5) is 5.13 Å². The summed E-state index contributed by atoms with van der Waals surface area (Å²) < 4.78 is 0. The first-order valence-electron chi connectivity index (χ1n) is 6.49. The van der Waals surface area contributed by atoms with Crippen molar-refractivity contribution in [2.75, 3.05) is 18.4 Å². The maximum atomic E-state index is 4.26. The molecule has 0 amide bonds. The summed E-state index contributed by atoms with van der Waals surface area (Å²) in [6.07, 6.45) is 2.71. The summed E-state index contributed by atoms with van der Waals surface area (Å²) in [4.78, 5) is 2.56. The normalized spacial score (nSPS) is 15.8. The van der Waals surface area contributed by atoms with Crippen molar-refractivity contribution in [3.05, 3.63) is 5.01 Å². The Balaban J connectivity index is 1.91. The number of aromatic nitrogens is 2. The van der Waals surface area contributed by atoms with E-state index in [1.165, 1.54) is 19.4 Å². The van der Waals surface area contributed by atoms with Crippen LogP contribution in [0.25, 0.3) is 0 Å². The summed E-state index contributed by atoms with van der Waals surface area (Å²) in [5, 5.41) is 13.7. The molecule has 5 heteroatoms. The predicted octanol–water partition coefficient (Wildman–Crippen LogP) is 2.59. The van der Waals surface area contributed by atoms with Crippen LogP contribution < -0.4 is 5.32 Å². The quantitative estimate of drug-likeness (QED) is 0.812. The first kappa shape index (κ1) is 12.8. The molecule has 4 nitrogen and oxygen atoms in total. The zero-order valence-corrected chi connectivity index (χ0v) is 11.8. The maximum Gasteiger partial charge on any atom is 0.205 e.